The number of anilines is 1. The molecule has 26 heavy (non-hydrogen) atoms. The lowest BCUT2D eigenvalue weighted by Crippen LogP contribution is -2.22. The number of rotatable bonds is 8. The third-order valence-corrected chi connectivity index (χ3v) is 4.68. The fourth-order valence-corrected chi connectivity index (χ4v) is 2.91. The molecule has 0 saturated heterocycles. The maximum absolute atomic E-state index is 12.4. The maximum atomic E-state index is 12.4. The van der Waals surface area contributed by atoms with E-state index in [9.17, 15) is 9.59 Å². The first-order chi connectivity index (χ1) is 12.4. The molecule has 0 fully saturated rings. The zero-order valence-electron chi connectivity index (χ0n) is 15.2. The lowest BCUT2D eigenvalue weighted by Gasteiger charge is -2.12. The van der Waals surface area contributed by atoms with Crippen molar-refractivity contribution in [2.24, 2.45) is 7.05 Å². The van der Waals surface area contributed by atoms with E-state index in [4.69, 9.17) is 9.47 Å². The number of hydrogen-bond acceptors (Lipinski definition) is 7. The van der Waals surface area contributed by atoms with Gasteiger partial charge in [-0.2, -0.15) is 0 Å². The van der Waals surface area contributed by atoms with Crippen LogP contribution in [0.5, 0.6) is 5.75 Å². The van der Waals surface area contributed by atoms with Crippen LogP contribution in [0.15, 0.2) is 29.4 Å². The van der Waals surface area contributed by atoms with Gasteiger partial charge >= 0.3 is 5.97 Å². The number of aromatic nitrogens is 3. The van der Waals surface area contributed by atoms with E-state index < -0.39 is 5.25 Å². The molecule has 0 unspecified atom stereocenters. The standard InChI is InChI=1S/C17H22N4O4S/c1-5-25-15(22)10-14-19-20-17(21(14)3)26-11(2)16(23)18-12-6-8-13(24-4)9-7-12/h6-9,11H,5,10H2,1-4H3,(H,18,23)/t11-/m0/s1. The number of esters is 1. The van der Waals surface area contributed by atoms with Gasteiger partial charge in [-0.25, -0.2) is 0 Å². The molecule has 1 atom stereocenters. The number of methoxy groups -OCH3 is 1. The Morgan fingerprint density at radius 1 is 1.27 bits per heavy atom. The van der Waals surface area contributed by atoms with Crippen LogP contribution in [-0.2, 0) is 27.8 Å². The Morgan fingerprint density at radius 2 is 1.96 bits per heavy atom. The number of nitrogens with one attached hydrogen (secondary N) is 1. The van der Waals surface area contributed by atoms with Gasteiger partial charge < -0.3 is 19.4 Å². The molecule has 1 aromatic carbocycles. The molecule has 1 heterocycles. The molecular formula is C17H22N4O4S. The highest BCUT2D eigenvalue weighted by atomic mass is 32.2. The predicted molar refractivity (Wildman–Crippen MR) is 98.3 cm³/mol. The number of ether oxygens (including phenoxy) is 2. The van der Waals surface area contributed by atoms with Gasteiger partial charge in [-0.15, -0.1) is 10.2 Å². The molecule has 140 valence electrons. The van der Waals surface area contributed by atoms with Crippen LogP contribution in [0, 0.1) is 0 Å². The Kier molecular flexibility index (Phi) is 7.02. The molecule has 9 heteroatoms. The Labute approximate surface area is 156 Å². The zero-order valence-corrected chi connectivity index (χ0v) is 16.0. The van der Waals surface area contributed by atoms with E-state index in [2.05, 4.69) is 15.5 Å². The summed E-state index contributed by atoms with van der Waals surface area (Å²) in [5.74, 6) is 0.701. The summed E-state index contributed by atoms with van der Waals surface area (Å²) in [6.07, 6.45) is 0.0460. The minimum absolute atomic E-state index is 0.0460. The summed E-state index contributed by atoms with van der Waals surface area (Å²) in [4.78, 5) is 23.9. The Morgan fingerprint density at radius 3 is 2.58 bits per heavy atom. The van der Waals surface area contributed by atoms with Crippen LogP contribution < -0.4 is 10.1 Å². The van der Waals surface area contributed by atoms with Gasteiger partial charge in [-0.05, 0) is 38.1 Å². The van der Waals surface area contributed by atoms with Crippen LogP contribution in [-0.4, -0.2) is 45.6 Å². The Balaban J connectivity index is 1.95. The number of carbonyl (C=O) groups excluding carboxylic acids is 2. The second-order valence-corrected chi connectivity index (χ2v) is 6.73. The summed E-state index contributed by atoms with van der Waals surface area (Å²) < 4.78 is 11.7. The largest absolute Gasteiger partial charge is 0.497 e. The van der Waals surface area contributed by atoms with Crippen molar-refractivity contribution < 1.29 is 19.1 Å². The fraction of sp³-hybridized carbons (Fsp3) is 0.412. The average molecular weight is 378 g/mol. The van der Waals surface area contributed by atoms with Gasteiger partial charge in [0, 0.05) is 12.7 Å². The van der Waals surface area contributed by atoms with Gasteiger partial charge in [0.1, 0.15) is 18.0 Å². The molecule has 2 rings (SSSR count). The fourth-order valence-electron chi connectivity index (χ4n) is 2.07. The lowest BCUT2D eigenvalue weighted by molar-refractivity contribution is -0.142. The van der Waals surface area contributed by atoms with Crippen LogP contribution in [0.1, 0.15) is 19.7 Å². The van der Waals surface area contributed by atoms with Gasteiger partial charge in [-0.3, -0.25) is 9.59 Å². The smallest absolute Gasteiger partial charge is 0.313 e. The van der Waals surface area contributed by atoms with Crippen LogP contribution in [0.2, 0.25) is 0 Å². The third-order valence-electron chi connectivity index (χ3n) is 3.54. The van der Waals surface area contributed by atoms with Gasteiger partial charge in [0.2, 0.25) is 5.91 Å². The van der Waals surface area contributed by atoms with Crippen molar-refractivity contribution in [3.63, 3.8) is 0 Å². The summed E-state index contributed by atoms with van der Waals surface area (Å²) in [6, 6.07) is 7.09. The highest BCUT2D eigenvalue weighted by Crippen LogP contribution is 2.23. The molecule has 0 aliphatic heterocycles. The van der Waals surface area contributed by atoms with Crippen LogP contribution in [0.25, 0.3) is 0 Å². The number of benzene rings is 1. The summed E-state index contributed by atoms with van der Waals surface area (Å²) in [5.41, 5.74) is 0.684. The second-order valence-electron chi connectivity index (χ2n) is 5.42. The SMILES string of the molecule is CCOC(=O)Cc1nnc(S[C@@H](C)C(=O)Nc2ccc(OC)cc2)n1C. The van der Waals surface area contributed by atoms with Crippen LogP contribution in [0.4, 0.5) is 5.69 Å². The topological polar surface area (TPSA) is 95.3 Å². The van der Waals surface area contributed by atoms with E-state index in [1.807, 2.05) is 0 Å². The first kappa shape index (κ1) is 19.8. The molecule has 0 bridgehead atoms. The third kappa shape index (κ3) is 5.22. The van der Waals surface area contributed by atoms with Crippen molar-refractivity contribution in [1.82, 2.24) is 14.8 Å². The molecule has 0 saturated carbocycles. The predicted octanol–water partition coefficient (Wildman–Crippen LogP) is 2.05. The lowest BCUT2D eigenvalue weighted by atomic mass is 10.3. The highest BCUT2D eigenvalue weighted by Gasteiger charge is 2.20. The molecule has 8 nitrogen and oxygen atoms in total. The summed E-state index contributed by atoms with van der Waals surface area (Å²) in [7, 11) is 3.34. The van der Waals surface area contributed by atoms with Crippen LogP contribution >= 0.6 is 11.8 Å². The molecule has 2 aromatic rings. The van der Waals surface area contributed by atoms with Gasteiger partial charge in [0.05, 0.1) is 19.0 Å². The van der Waals surface area contributed by atoms with E-state index in [1.54, 1.807) is 56.8 Å². The Bertz CT molecular complexity index is 761. The normalized spacial score (nSPS) is 11.7. The van der Waals surface area contributed by atoms with Crippen molar-refractivity contribution in [3.05, 3.63) is 30.1 Å². The van der Waals surface area contributed by atoms with Crippen LogP contribution in [0.3, 0.4) is 0 Å². The van der Waals surface area contributed by atoms with Crippen molar-refractivity contribution in [3.8, 4) is 5.75 Å². The van der Waals surface area contributed by atoms with Crippen molar-refractivity contribution >= 4 is 29.3 Å². The molecule has 0 spiro atoms. The van der Waals surface area contributed by atoms with Crippen molar-refractivity contribution in [1.29, 1.82) is 0 Å². The molecule has 0 radical (unpaired) electrons. The average Bonchev–Trinajstić information content (AvgIpc) is 2.95. The minimum Gasteiger partial charge on any atom is -0.497 e. The van der Waals surface area contributed by atoms with E-state index in [1.165, 1.54) is 11.8 Å². The number of nitrogens with zero attached hydrogens (tertiary/aromatic N) is 3. The second kappa shape index (κ2) is 9.23. The number of carbonyl (C=O) groups is 2. The number of amides is 1. The maximum Gasteiger partial charge on any atom is 0.313 e. The Hall–Kier alpha value is -2.55. The zero-order chi connectivity index (χ0) is 19.1. The van der Waals surface area contributed by atoms with Gasteiger partial charge in [-0.1, -0.05) is 11.8 Å². The molecular weight excluding hydrogens is 356 g/mol. The minimum atomic E-state index is -0.393. The highest BCUT2D eigenvalue weighted by molar-refractivity contribution is 8.00. The number of hydrogen-bond donors (Lipinski definition) is 1. The summed E-state index contributed by atoms with van der Waals surface area (Å²) in [6.45, 7) is 3.85. The van der Waals surface area contributed by atoms with Crippen molar-refractivity contribution in [2.45, 2.75) is 30.7 Å². The summed E-state index contributed by atoms with van der Waals surface area (Å²) in [5, 5.41) is 11.1. The molecule has 1 amide bonds. The van der Waals surface area contributed by atoms with E-state index in [0.717, 1.165) is 5.75 Å². The first-order valence-corrected chi connectivity index (χ1v) is 8.98. The van der Waals surface area contributed by atoms with E-state index >= 15 is 0 Å². The summed E-state index contributed by atoms with van der Waals surface area (Å²) >= 11 is 1.27. The molecule has 0 aliphatic rings. The monoisotopic (exact) mass is 378 g/mol. The quantitative estimate of drug-likeness (QED) is 0.555. The van der Waals surface area contributed by atoms with E-state index in [0.29, 0.717) is 23.3 Å². The molecule has 0 aliphatic carbocycles. The number of thioether (sulfide) groups is 1. The van der Waals surface area contributed by atoms with E-state index in [-0.39, 0.29) is 18.3 Å². The molecule has 1 aromatic heterocycles. The van der Waals surface area contributed by atoms with Crippen molar-refractivity contribution in [2.75, 3.05) is 19.0 Å². The molecule has 1 N–H and O–H groups in total. The van der Waals surface area contributed by atoms with Gasteiger partial charge in [0.15, 0.2) is 5.16 Å². The van der Waals surface area contributed by atoms with Gasteiger partial charge in [0.25, 0.3) is 0 Å². The first-order valence-electron chi connectivity index (χ1n) is 8.10.